The van der Waals surface area contributed by atoms with E-state index in [2.05, 4.69) is 4.98 Å². The van der Waals surface area contributed by atoms with Crippen LogP contribution in [0.3, 0.4) is 0 Å². The normalized spacial score (nSPS) is 10.7. The predicted octanol–water partition coefficient (Wildman–Crippen LogP) is 2.20. The topological polar surface area (TPSA) is 77.0 Å². The molecule has 0 amide bonds. The average molecular weight is 258 g/mol. The lowest BCUT2D eigenvalue weighted by molar-refractivity contribution is 0.0658. The summed E-state index contributed by atoms with van der Waals surface area (Å²) in [6.07, 6.45) is 5.36. The number of aromatic nitrogens is 2. The number of furan rings is 1. The van der Waals surface area contributed by atoms with E-state index in [1.54, 1.807) is 18.3 Å². The fourth-order valence-corrected chi connectivity index (χ4v) is 1.75. The smallest absolute Gasteiger partial charge is 0.371 e. The zero-order valence-corrected chi connectivity index (χ0v) is 9.81. The molecular weight excluding hydrogens is 248 g/mol. The van der Waals surface area contributed by atoms with Crippen molar-refractivity contribution in [3.8, 4) is 5.75 Å². The molecule has 0 spiro atoms. The van der Waals surface area contributed by atoms with Gasteiger partial charge in [-0.15, -0.1) is 0 Å². The highest BCUT2D eigenvalue weighted by atomic mass is 16.5. The van der Waals surface area contributed by atoms with Gasteiger partial charge in [-0.3, -0.25) is 0 Å². The number of carboxylic acids is 1. The second kappa shape index (κ2) is 4.49. The Morgan fingerprint density at radius 1 is 1.37 bits per heavy atom. The number of ether oxygens (including phenoxy) is 1. The largest absolute Gasteiger partial charge is 0.482 e. The van der Waals surface area contributed by atoms with Crippen molar-refractivity contribution in [3.63, 3.8) is 0 Å². The van der Waals surface area contributed by atoms with Crippen molar-refractivity contribution in [1.29, 1.82) is 0 Å². The molecule has 0 bridgehead atoms. The highest BCUT2D eigenvalue weighted by molar-refractivity contribution is 5.84. The maximum Gasteiger partial charge on any atom is 0.371 e. The summed E-state index contributed by atoms with van der Waals surface area (Å²) in [4.78, 5) is 14.9. The number of aromatic carboxylic acids is 1. The predicted molar refractivity (Wildman–Crippen MR) is 65.2 cm³/mol. The van der Waals surface area contributed by atoms with Crippen LogP contribution < -0.4 is 4.74 Å². The van der Waals surface area contributed by atoms with Crippen LogP contribution in [-0.2, 0) is 6.61 Å². The van der Waals surface area contributed by atoms with Crippen LogP contribution in [0.1, 0.15) is 16.3 Å². The van der Waals surface area contributed by atoms with Crippen molar-refractivity contribution < 1.29 is 19.1 Å². The number of rotatable bonds is 4. The molecule has 0 saturated heterocycles. The van der Waals surface area contributed by atoms with Gasteiger partial charge >= 0.3 is 5.97 Å². The SMILES string of the molecule is O=C(O)c1ccc(COc2cccn3ccnc23)o1. The molecule has 1 N–H and O–H groups in total. The first-order valence-electron chi connectivity index (χ1n) is 5.60. The van der Waals surface area contributed by atoms with E-state index < -0.39 is 5.97 Å². The second-order valence-corrected chi connectivity index (χ2v) is 3.89. The van der Waals surface area contributed by atoms with Crippen molar-refractivity contribution in [3.05, 3.63) is 54.4 Å². The van der Waals surface area contributed by atoms with Gasteiger partial charge in [0.15, 0.2) is 11.4 Å². The van der Waals surface area contributed by atoms with Crippen LogP contribution in [0.15, 0.2) is 47.3 Å². The van der Waals surface area contributed by atoms with Gasteiger partial charge < -0.3 is 18.7 Å². The molecule has 0 fully saturated rings. The summed E-state index contributed by atoms with van der Waals surface area (Å²) in [6, 6.07) is 6.62. The molecule has 0 radical (unpaired) electrons. The van der Waals surface area contributed by atoms with Gasteiger partial charge in [0, 0.05) is 18.6 Å². The van der Waals surface area contributed by atoms with E-state index in [0.717, 1.165) is 0 Å². The van der Waals surface area contributed by atoms with E-state index in [1.165, 1.54) is 6.07 Å². The van der Waals surface area contributed by atoms with E-state index in [9.17, 15) is 4.79 Å². The summed E-state index contributed by atoms with van der Waals surface area (Å²) in [5, 5.41) is 8.75. The molecule has 6 heteroatoms. The lowest BCUT2D eigenvalue weighted by Crippen LogP contribution is -1.97. The van der Waals surface area contributed by atoms with Crippen molar-refractivity contribution >= 4 is 11.6 Å². The van der Waals surface area contributed by atoms with Gasteiger partial charge in [-0.2, -0.15) is 0 Å². The first kappa shape index (κ1) is 11.3. The van der Waals surface area contributed by atoms with Gasteiger partial charge in [0.1, 0.15) is 12.4 Å². The van der Waals surface area contributed by atoms with Crippen LogP contribution in [-0.4, -0.2) is 20.5 Å². The van der Waals surface area contributed by atoms with Gasteiger partial charge in [0.05, 0.1) is 0 Å². The molecule has 3 aromatic rings. The molecule has 19 heavy (non-hydrogen) atoms. The van der Waals surface area contributed by atoms with Crippen molar-refractivity contribution in [2.24, 2.45) is 0 Å². The molecule has 0 unspecified atom stereocenters. The van der Waals surface area contributed by atoms with Gasteiger partial charge in [-0.25, -0.2) is 9.78 Å². The van der Waals surface area contributed by atoms with Gasteiger partial charge in [-0.1, -0.05) is 0 Å². The van der Waals surface area contributed by atoms with Crippen LogP contribution in [0.2, 0.25) is 0 Å². The average Bonchev–Trinajstić information content (AvgIpc) is 3.05. The summed E-state index contributed by atoms with van der Waals surface area (Å²) < 4.78 is 12.5. The van der Waals surface area contributed by atoms with Gasteiger partial charge in [-0.05, 0) is 24.3 Å². The summed E-state index contributed by atoms with van der Waals surface area (Å²) in [7, 11) is 0. The standard InChI is InChI=1S/C13H10N2O4/c16-13(17)11-4-3-9(19-11)8-18-10-2-1-6-15-7-5-14-12(10)15/h1-7H,8H2,(H,16,17). The van der Waals surface area contributed by atoms with Crippen molar-refractivity contribution in [1.82, 2.24) is 9.38 Å². The maximum atomic E-state index is 10.7. The summed E-state index contributed by atoms with van der Waals surface area (Å²) >= 11 is 0. The number of fused-ring (bicyclic) bond motifs is 1. The number of imidazole rings is 1. The quantitative estimate of drug-likeness (QED) is 0.776. The third-order valence-electron chi connectivity index (χ3n) is 2.63. The van der Waals surface area contributed by atoms with Crippen LogP contribution in [0, 0.1) is 0 Å². The molecule has 0 aliphatic heterocycles. The first-order chi connectivity index (χ1) is 9.24. The summed E-state index contributed by atoms with van der Waals surface area (Å²) in [5.74, 6) is -0.133. The van der Waals surface area contributed by atoms with Crippen LogP contribution >= 0.6 is 0 Å². The van der Waals surface area contributed by atoms with Gasteiger partial charge in [0.25, 0.3) is 0 Å². The Balaban J connectivity index is 1.78. The number of carbonyl (C=O) groups is 1. The Morgan fingerprint density at radius 2 is 2.26 bits per heavy atom. The Morgan fingerprint density at radius 3 is 3.05 bits per heavy atom. The first-order valence-corrected chi connectivity index (χ1v) is 5.60. The summed E-state index contributed by atoms with van der Waals surface area (Å²) in [6.45, 7) is 0.153. The molecule has 0 aliphatic carbocycles. The molecule has 0 atom stereocenters. The van der Waals surface area contributed by atoms with E-state index in [0.29, 0.717) is 17.2 Å². The molecule has 3 aromatic heterocycles. The number of nitrogens with zero attached hydrogens (tertiary/aromatic N) is 2. The highest BCUT2D eigenvalue weighted by Crippen LogP contribution is 2.19. The zero-order valence-electron chi connectivity index (χ0n) is 9.81. The second-order valence-electron chi connectivity index (χ2n) is 3.89. The Bertz CT molecular complexity index is 729. The Labute approximate surface area is 107 Å². The summed E-state index contributed by atoms with van der Waals surface area (Å²) in [5.41, 5.74) is 0.701. The molecule has 0 saturated carbocycles. The van der Waals surface area contributed by atoms with E-state index in [4.69, 9.17) is 14.3 Å². The number of carboxylic acid groups (broad SMARTS) is 1. The monoisotopic (exact) mass is 258 g/mol. The molecule has 0 aliphatic rings. The van der Waals surface area contributed by atoms with E-state index in [-0.39, 0.29) is 12.4 Å². The molecule has 0 aromatic carbocycles. The molecule has 3 heterocycles. The number of hydrogen-bond donors (Lipinski definition) is 1. The number of pyridine rings is 1. The van der Waals surface area contributed by atoms with Crippen LogP contribution in [0.5, 0.6) is 5.75 Å². The van der Waals surface area contributed by atoms with Crippen molar-refractivity contribution in [2.75, 3.05) is 0 Å². The third-order valence-corrected chi connectivity index (χ3v) is 2.63. The lowest BCUT2D eigenvalue weighted by Gasteiger charge is -2.05. The minimum absolute atomic E-state index is 0.0994. The molecule has 96 valence electrons. The minimum atomic E-state index is -1.10. The Kier molecular flexibility index (Phi) is 2.68. The fraction of sp³-hybridized carbons (Fsp3) is 0.0769. The molecule has 3 rings (SSSR count). The molecule has 6 nitrogen and oxygen atoms in total. The number of hydrogen-bond acceptors (Lipinski definition) is 4. The minimum Gasteiger partial charge on any atom is -0.482 e. The lowest BCUT2D eigenvalue weighted by atomic mass is 10.4. The van der Waals surface area contributed by atoms with E-state index >= 15 is 0 Å². The van der Waals surface area contributed by atoms with Crippen molar-refractivity contribution in [2.45, 2.75) is 6.61 Å². The van der Waals surface area contributed by atoms with Crippen LogP contribution in [0.4, 0.5) is 0 Å². The Hall–Kier alpha value is -2.76. The third kappa shape index (κ3) is 2.15. The molecular formula is C13H10N2O4. The maximum absolute atomic E-state index is 10.7. The van der Waals surface area contributed by atoms with Gasteiger partial charge in [0.2, 0.25) is 5.76 Å². The van der Waals surface area contributed by atoms with E-state index in [1.807, 2.05) is 22.9 Å². The fourth-order valence-electron chi connectivity index (χ4n) is 1.75. The van der Waals surface area contributed by atoms with Crippen LogP contribution in [0.25, 0.3) is 5.65 Å². The highest BCUT2D eigenvalue weighted by Gasteiger charge is 2.10. The zero-order chi connectivity index (χ0) is 13.2.